The summed E-state index contributed by atoms with van der Waals surface area (Å²) in [5, 5.41) is 12.6. The minimum atomic E-state index is -0.984. The molecule has 0 fully saturated rings. The number of anilines is 1. The van der Waals surface area contributed by atoms with Gasteiger partial charge in [-0.25, -0.2) is 9.59 Å². The number of esters is 1. The highest BCUT2D eigenvalue weighted by Crippen LogP contribution is 2.30. The van der Waals surface area contributed by atoms with Crippen LogP contribution in [0.15, 0.2) is 66.7 Å². The molecular formula is C23H20ClNO5. The number of rotatable bonds is 8. The Hall–Kier alpha value is -3.51. The summed E-state index contributed by atoms with van der Waals surface area (Å²) in [6.07, 6.45) is 0. The summed E-state index contributed by atoms with van der Waals surface area (Å²) in [4.78, 5) is 23.6. The smallest absolute Gasteiger partial charge is 0.345 e. The Morgan fingerprint density at radius 1 is 1.00 bits per heavy atom. The van der Waals surface area contributed by atoms with Gasteiger partial charge in [-0.15, -0.1) is 0 Å². The molecule has 0 bridgehead atoms. The summed E-state index contributed by atoms with van der Waals surface area (Å²) in [7, 11) is 0. The number of hydrogen-bond donors (Lipinski definition) is 2. The Labute approximate surface area is 179 Å². The number of nitrogens with one attached hydrogen (secondary N) is 1. The van der Waals surface area contributed by atoms with Gasteiger partial charge < -0.3 is 19.9 Å². The van der Waals surface area contributed by atoms with Crippen LogP contribution in [-0.2, 0) is 6.54 Å². The first-order valence-corrected chi connectivity index (χ1v) is 9.65. The van der Waals surface area contributed by atoms with Gasteiger partial charge in [0.15, 0.2) is 11.5 Å². The first-order valence-electron chi connectivity index (χ1n) is 9.27. The van der Waals surface area contributed by atoms with Crippen LogP contribution < -0.4 is 14.8 Å². The van der Waals surface area contributed by atoms with E-state index in [-0.39, 0.29) is 11.1 Å². The number of carboxylic acids is 1. The molecule has 3 aromatic rings. The van der Waals surface area contributed by atoms with Gasteiger partial charge in [-0.1, -0.05) is 35.9 Å². The third-order valence-electron chi connectivity index (χ3n) is 4.21. The molecule has 0 aliphatic carbocycles. The molecule has 0 heterocycles. The maximum atomic E-state index is 12.5. The van der Waals surface area contributed by atoms with E-state index in [4.69, 9.17) is 26.2 Å². The third-order valence-corrected chi connectivity index (χ3v) is 4.54. The van der Waals surface area contributed by atoms with Crippen molar-refractivity contribution in [1.82, 2.24) is 0 Å². The Balaban J connectivity index is 1.75. The first kappa shape index (κ1) is 21.2. The van der Waals surface area contributed by atoms with E-state index in [2.05, 4.69) is 5.32 Å². The predicted molar refractivity (Wildman–Crippen MR) is 115 cm³/mol. The standard InChI is InChI=1S/C23H20ClNO5/c1-2-29-21-12-15(14-25-17-7-5-6-16(13-17)22(26)27)10-11-20(21)30-23(28)18-8-3-4-9-19(18)24/h3-13,25H,2,14H2,1H3,(H,26,27). The molecule has 0 saturated heterocycles. The highest BCUT2D eigenvalue weighted by atomic mass is 35.5. The molecule has 30 heavy (non-hydrogen) atoms. The quantitative estimate of drug-likeness (QED) is 0.378. The molecule has 0 unspecified atom stereocenters. The highest BCUT2D eigenvalue weighted by molar-refractivity contribution is 6.33. The van der Waals surface area contributed by atoms with Crippen molar-refractivity contribution in [2.75, 3.05) is 11.9 Å². The van der Waals surface area contributed by atoms with E-state index in [0.29, 0.717) is 35.4 Å². The molecule has 0 spiro atoms. The molecule has 0 radical (unpaired) electrons. The molecule has 3 aromatic carbocycles. The fourth-order valence-electron chi connectivity index (χ4n) is 2.76. The van der Waals surface area contributed by atoms with E-state index in [1.165, 1.54) is 6.07 Å². The van der Waals surface area contributed by atoms with Crippen molar-refractivity contribution in [3.05, 3.63) is 88.4 Å². The summed E-state index contributed by atoms with van der Waals surface area (Å²) in [5.74, 6) is -0.838. The number of carbonyl (C=O) groups is 2. The normalized spacial score (nSPS) is 10.3. The SMILES string of the molecule is CCOc1cc(CNc2cccc(C(=O)O)c2)ccc1OC(=O)c1ccccc1Cl. The van der Waals surface area contributed by atoms with Gasteiger partial charge in [-0.2, -0.15) is 0 Å². The zero-order valence-electron chi connectivity index (χ0n) is 16.2. The van der Waals surface area contributed by atoms with Gasteiger partial charge in [0.25, 0.3) is 0 Å². The zero-order valence-corrected chi connectivity index (χ0v) is 17.0. The second-order valence-corrected chi connectivity index (χ2v) is 6.73. The van der Waals surface area contributed by atoms with Crippen LogP contribution in [0.5, 0.6) is 11.5 Å². The highest BCUT2D eigenvalue weighted by Gasteiger charge is 2.16. The van der Waals surface area contributed by atoms with Crippen LogP contribution in [0, 0.1) is 0 Å². The molecule has 0 aliphatic heterocycles. The number of halogens is 1. The van der Waals surface area contributed by atoms with Crippen LogP contribution >= 0.6 is 11.6 Å². The lowest BCUT2D eigenvalue weighted by molar-refractivity contribution is 0.0694. The average molecular weight is 426 g/mol. The summed E-state index contributed by atoms with van der Waals surface area (Å²) < 4.78 is 11.1. The van der Waals surface area contributed by atoms with Crippen molar-refractivity contribution in [2.45, 2.75) is 13.5 Å². The lowest BCUT2D eigenvalue weighted by atomic mass is 10.1. The van der Waals surface area contributed by atoms with Gasteiger partial charge in [0.05, 0.1) is 22.8 Å². The fourth-order valence-corrected chi connectivity index (χ4v) is 2.98. The second-order valence-electron chi connectivity index (χ2n) is 6.32. The van der Waals surface area contributed by atoms with Crippen LogP contribution in [0.1, 0.15) is 33.2 Å². The zero-order chi connectivity index (χ0) is 21.5. The van der Waals surface area contributed by atoms with Crippen molar-refractivity contribution >= 4 is 29.2 Å². The van der Waals surface area contributed by atoms with E-state index in [0.717, 1.165) is 5.56 Å². The minimum absolute atomic E-state index is 0.205. The molecule has 7 heteroatoms. The largest absolute Gasteiger partial charge is 0.490 e. The lowest BCUT2D eigenvalue weighted by Crippen LogP contribution is -2.10. The number of carboxylic acid groups (broad SMARTS) is 1. The molecule has 6 nitrogen and oxygen atoms in total. The maximum Gasteiger partial charge on any atom is 0.345 e. The van der Waals surface area contributed by atoms with Gasteiger partial charge in [-0.05, 0) is 55.0 Å². The molecule has 154 valence electrons. The number of aromatic carboxylic acids is 1. The van der Waals surface area contributed by atoms with E-state index >= 15 is 0 Å². The Bertz CT molecular complexity index is 1070. The molecule has 2 N–H and O–H groups in total. The number of hydrogen-bond acceptors (Lipinski definition) is 5. The van der Waals surface area contributed by atoms with Crippen LogP contribution in [-0.4, -0.2) is 23.7 Å². The van der Waals surface area contributed by atoms with Crippen molar-refractivity contribution in [3.63, 3.8) is 0 Å². The van der Waals surface area contributed by atoms with E-state index in [9.17, 15) is 9.59 Å². The Morgan fingerprint density at radius 2 is 1.80 bits per heavy atom. The number of carbonyl (C=O) groups excluding carboxylic acids is 1. The van der Waals surface area contributed by atoms with Crippen molar-refractivity contribution in [3.8, 4) is 11.5 Å². The molecule has 3 rings (SSSR count). The number of benzene rings is 3. The van der Waals surface area contributed by atoms with Gasteiger partial charge in [0.1, 0.15) is 0 Å². The van der Waals surface area contributed by atoms with Crippen LogP contribution in [0.4, 0.5) is 5.69 Å². The third kappa shape index (κ3) is 5.30. The lowest BCUT2D eigenvalue weighted by Gasteiger charge is -2.14. The van der Waals surface area contributed by atoms with Gasteiger partial charge in [0, 0.05) is 12.2 Å². The molecule has 0 aliphatic rings. The molecule has 0 saturated carbocycles. The maximum absolute atomic E-state index is 12.5. The van der Waals surface area contributed by atoms with Crippen molar-refractivity contribution < 1.29 is 24.2 Å². The van der Waals surface area contributed by atoms with Gasteiger partial charge in [-0.3, -0.25) is 0 Å². The van der Waals surface area contributed by atoms with E-state index < -0.39 is 11.9 Å². The summed E-state index contributed by atoms with van der Waals surface area (Å²) in [6.45, 7) is 2.66. The topological polar surface area (TPSA) is 84.9 Å². The van der Waals surface area contributed by atoms with E-state index in [1.54, 1.807) is 60.7 Å². The molecule has 0 atom stereocenters. The van der Waals surface area contributed by atoms with Crippen molar-refractivity contribution in [1.29, 1.82) is 0 Å². The van der Waals surface area contributed by atoms with Crippen LogP contribution in [0.25, 0.3) is 0 Å². The Kier molecular flexibility index (Phi) is 6.93. The first-order chi connectivity index (χ1) is 14.5. The number of ether oxygens (including phenoxy) is 2. The van der Waals surface area contributed by atoms with E-state index in [1.807, 2.05) is 6.92 Å². The van der Waals surface area contributed by atoms with Gasteiger partial charge >= 0.3 is 11.9 Å². The van der Waals surface area contributed by atoms with Crippen molar-refractivity contribution in [2.24, 2.45) is 0 Å². The summed E-state index contributed by atoms with van der Waals surface area (Å²) in [6, 6.07) is 18.4. The monoisotopic (exact) mass is 425 g/mol. The molecule has 0 aromatic heterocycles. The minimum Gasteiger partial charge on any atom is -0.490 e. The second kappa shape index (κ2) is 9.80. The summed E-state index contributed by atoms with van der Waals surface area (Å²) in [5.41, 5.74) is 2.03. The van der Waals surface area contributed by atoms with Gasteiger partial charge in [0.2, 0.25) is 0 Å². The Morgan fingerprint density at radius 3 is 2.53 bits per heavy atom. The molecule has 0 amide bonds. The predicted octanol–water partition coefficient (Wildman–Crippen LogP) is 5.27. The average Bonchev–Trinajstić information content (AvgIpc) is 2.74. The van der Waals surface area contributed by atoms with Crippen LogP contribution in [0.2, 0.25) is 5.02 Å². The summed E-state index contributed by atoms with van der Waals surface area (Å²) >= 11 is 6.06. The molecular weight excluding hydrogens is 406 g/mol. The van der Waals surface area contributed by atoms with Crippen LogP contribution in [0.3, 0.4) is 0 Å². The fraction of sp³-hybridized carbons (Fsp3) is 0.130.